The first-order valence-electron chi connectivity index (χ1n) is 5.76. The molecule has 0 saturated heterocycles. The van der Waals surface area contributed by atoms with Crippen LogP contribution in [0.1, 0.15) is 30.0 Å². The lowest BCUT2D eigenvalue weighted by molar-refractivity contribution is 0.467. The molecule has 0 radical (unpaired) electrons. The highest BCUT2D eigenvalue weighted by atomic mass is 79.9. The summed E-state index contributed by atoms with van der Waals surface area (Å²) >= 11 is 9.67. The summed E-state index contributed by atoms with van der Waals surface area (Å²) in [5.41, 5.74) is 2.02. The number of hydrogen-bond donors (Lipinski definition) is 1. The van der Waals surface area contributed by atoms with Gasteiger partial charge in [0.05, 0.1) is 11.7 Å². The SMILES string of the molecule is Cc1ccc(C(C)Nc2cc(Cl)c(C)cc2Br)o1. The summed E-state index contributed by atoms with van der Waals surface area (Å²) in [7, 11) is 0. The second-order valence-corrected chi connectivity index (χ2v) is 5.66. The minimum atomic E-state index is 0.0915. The van der Waals surface area contributed by atoms with Crippen LogP contribution in [0.25, 0.3) is 0 Å². The molecule has 2 rings (SSSR count). The molecule has 1 aromatic heterocycles. The zero-order valence-electron chi connectivity index (χ0n) is 10.6. The van der Waals surface area contributed by atoms with Crippen LogP contribution < -0.4 is 5.32 Å². The molecule has 2 nitrogen and oxygen atoms in total. The number of halogens is 2. The van der Waals surface area contributed by atoms with Crippen molar-refractivity contribution < 1.29 is 4.42 Å². The van der Waals surface area contributed by atoms with Crippen LogP contribution in [-0.4, -0.2) is 0 Å². The smallest absolute Gasteiger partial charge is 0.126 e. The van der Waals surface area contributed by atoms with Gasteiger partial charge in [0.15, 0.2) is 0 Å². The molecule has 0 aliphatic heterocycles. The zero-order chi connectivity index (χ0) is 13.3. The fourth-order valence-electron chi connectivity index (χ4n) is 1.75. The van der Waals surface area contributed by atoms with Crippen LogP contribution in [0.4, 0.5) is 5.69 Å². The number of aryl methyl sites for hydroxylation is 2. The molecule has 1 N–H and O–H groups in total. The molecule has 0 fully saturated rings. The standard InChI is InChI=1S/C14H15BrClNO/c1-8-6-11(15)13(7-12(8)16)17-10(3)14-5-4-9(2)18-14/h4-7,10,17H,1-3H3. The molecule has 0 aliphatic rings. The summed E-state index contributed by atoms with van der Waals surface area (Å²) in [6, 6.07) is 7.97. The van der Waals surface area contributed by atoms with Gasteiger partial charge in [0.2, 0.25) is 0 Å². The Hall–Kier alpha value is -0.930. The van der Waals surface area contributed by atoms with Crippen LogP contribution in [-0.2, 0) is 0 Å². The third-order valence-electron chi connectivity index (χ3n) is 2.81. The van der Waals surface area contributed by atoms with Gasteiger partial charge in [-0.2, -0.15) is 0 Å². The molecular formula is C14H15BrClNO. The van der Waals surface area contributed by atoms with Crippen LogP contribution >= 0.6 is 27.5 Å². The Balaban J connectivity index is 2.21. The van der Waals surface area contributed by atoms with Gasteiger partial charge in [0, 0.05) is 9.50 Å². The van der Waals surface area contributed by atoms with E-state index in [9.17, 15) is 0 Å². The number of rotatable bonds is 3. The maximum atomic E-state index is 6.14. The Morgan fingerprint density at radius 2 is 2.00 bits per heavy atom. The first kappa shape index (κ1) is 13.5. The summed E-state index contributed by atoms with van der Waals surface area (Å²) in [6.45, 7) is 5.98. The lowest BCUT2D eigenvalue weighted by Gasteiger charge is -2.15. The van der Waals surface area contributed by atoms with Gasteiger partial charge in [0.25, 0.3) is 0 Å². The molecular weight excluding hydrogens is 314 g/mol. The molecule has 0 bridgehead atoms. The van der Waals surface area contributed by atoms with E-state index in [0.717, 1.165) is 32.3 Å². The summed E-state index contributed by atoms with van der Waals surface area (Å²) in [5.74, 6) is 1.83. The van der Waals surface area contributed by atoms with Crippen molar-refractivity contribution in [3.63, 3.8) is 0 Å². The van der Waals surface area contributed by atoms with E-state index in [2.05, 4.69) is 28.2 Å². The molecule has 96 valence electrons. The molecule has 1 unspecified atom stereocenters. The largest absolute Gasteiger partial charge is 0.464 e. The van der Waals surface area contributed by atoms with E-state index in [0.29, 0.717) is 0 Å². The van der Waals surface area contributed by atoms with E-state index in [1.807, 2.05) is 38.1 Å². The van der Waals surface area contributed by atoms with Gasteiger partial charge in [-0.15, -0.1) is 0 Å². The Kier molecular flexibility index (Phi) is 4.03. The number of furan rings is 1. The number of hydrogen-bond acceptors (Lipinski definition) is 2. The van der Waals surface area contributed by atoms with Crippen molar-refractivity contribution in [1.82, 2.24) is 0 Å². The highest BCUT2D eigenvalue weighted by Gasteiger charge is 2.12. The predicted molar refractivity (Wildman–Crippen MR) is 79.4 cm³/mol. The average Bonchev–Trinajstić information content (AvgIpc) is 2.73. The van der Waals surface area contributed by atoms with Crippen molar-refractivity contribution >= 4 is 33.2 Å². The molecule has 1 aromatic carbocycles. The summed E-state index contributed by atoms with van der Waals surface area (Å²) in [6.07, 6.45) is 0. The van der Waals surface area contributed by atoms with Crippen LogP contribution in [0, 0.1) is 13.8 Å². The summed E-state index contributed by atoms with van der Waals surface area (Å²) in [4.78, 5) is 0. The molecule has 0 spiro atoms. The third kappa shape index (κ3) is 2.90. The fraction of sp³-hybridized carbons (Fsp3) is 0.286. The molecule has 1 heterocycles. The number of benzene rings is 1. The van der Waals surface area contributed by atoms with Crippen molar-refractivity contribution in [2.75, 3.05) is 5.32 Å². The molecule has 18 heavy (non-hydrogen) atoms. The predicted octanol–water partition coefficient (Wildman–Crippen LogP) is 5.49. The van der Waals surface area contributed by atoms with Crippen LogP contribution in [0.15, 0.2) is 33.2 Å². The Bertz CT molecular complexity index is 565. The average molecular weight is 329 g/mol. The Labute approximate surface area is 120 Å². The first-order chi connectivity index (χ1) is 8.47. The molecule has 0 aliphatic carbocycles. The minimum absolute atomic E-state index is 0.0915. The second-order valence-electron chi connectivity index (χ2n) is 4.40. The van der Waals surface area contributed by atoms with E-state index in [-0.39, 0.29) is 6.04 Å². The van der Waals surface area contributed by atoms with Gasteiger partial charge < -0.3 is 9.73 Å². The van der Waals surface area contributed by atoms with Gasteiger partial charge in [-0.3, -0.25) is 0 Å². The molecule has 1 atom stereocenters. The first-order valence-corrected chi connectivity index (χ1v) is 6.93. The van der Waals surface area contributed by atoms with Crippen molar-refractivity contribution in [2.45, 2.75) is 26.8 Å². The third-order valence-corrected chi connectivity index (χ3v) is 3.87. The zero-order valence-corrected chi connectivity index (χ0v) is 12.9. The minimum Gasteiger partial charge on any atom is -0.464 e. The van der Waals surface area contributed by atoms with Crippen molar-refractivity contribution in [3.05, 3.63) is 50.8 Å². The van der Waals surface area contributed by atoms with Crippen molar-refractivity contribution in [1.29, 1.82) is 0 Å². The quantitative estimate of drug-likeness (QED) is 0.806. The summed E-state index contributed by atoms with van der Waals surface area (Å²) < 4.78 is 6.60. The van der Waals surface area contributed by atoms with Crippen LogP contribution in [0.3, 0.4) is 0 Å². The molecule has 0 saturated carbocycles. The van der Waals surface area contributed by atoms with Gasteiger partial charge in [0.1, 0.15) is 11.5 Å². The number of anilines is 1. The molecule has 2 aromatic rings. The van der Waals surface area contributed by atoms with Gasteiger partial charge in [-0.25, -0.2) is 0 Å². The van der Waals surface area contributed by atoms with Gasteiger partial charge >= 0.3 is 0 Å². The van der Waals surface area contributed by atoms with E-state index < -0.39 is 0 Å². The van der Waals surface area contributed by atoms with E-state index >= 15 is 0 Å². The van der Waals surface area contributed by atoms with Crippen molar-refractivity contribution in [3.8, 4) is 0 Å². The Morgan fingerprint density at radius 3 is 2.61 bits per heavy atom. The van der Waals surface area contributed by atoms with Crippen LogP contribution in [0.2, 0.25) is 5.02 Å². The number of nitrogens with one attached hydrogen (secondary N) is 1. The van der Waals surface area contributed by atoms with Gasteiger partial charge in [-0.05, 0) is 66.5 Å². The van der Waals surface area contributed by atoms with Gasteiger partial charge in [-0.1, -0.05) is 11.6 Å². The van der Waals surface area contributed by atoms with Crippen molar-refractivity contribution in [2.24, 2.45) is 0 Å². The Morgan fingerprint density at radius 1 is 1.28 bits per heavy atom. The molecule has 0 amide bonds. The normalized spacial score (nSPS) is 12.5. The summed E-state index contributed by atoms with van der Waals surface area (Å²) in [5, 5.41) is 4.14. The highest BCUT2D eigenvalue weighted by molar-refractivity contribution is 9.10. The van der Waals surface area contributed by atoms with E-state index in [1.54, 1.807) is 0 Å². The second kappa shape index (κ2) is 5.37. The monoisotopic (exact) mass is 327 g/mol. The topological polar surface area (TPSA) is 25.2 Å². The van der Waals surface area contributed by atoms with E-state index in [1.165, 1.54) is 0 Å². The lowest BCUT2D eigenvalue weighted by Crippen LogP contribution is -2.06. The maximum Gasteiger partial charge on any atom is 0.126 e. The maximum absolute atomic E-state index is 6.14. The fourth-order valence-corrected chi connectivity index (χ4v) is 2.48. The highest BCUT2D eigenvalue weighted by Crippen LogP contribution is 2.31. The van der Waals surface area contributed by atoms with E-state index in [4.69, 9.17) is 16.0 Å². The molecule has 4 heteroatoms. The lowest BCUT2D eigenvalue weighted by atomic mass is 10.2. The van der Waals surface area contributed by atoms with Crippen LogP contribution in [0.5, 0.6) is 0 Å².